The van der Waals surface area contributed by atoms with Crippen LogP contribution >= 0.6 is 0 Å². The molecular weight excluding hydrogens is 304 g/mol. The zero-order valence-corrected chi connectivity index (χ0v) is 13.0. The van der Waals surface area contributed by atoms with E-state index in [1.807, 2.05) is 42.5 Å². The number of carbonyl (C=O) groups excluding carboxylic acids is 2. The van der Waals surface area contributed by atoms with Crippen LogP contribution in [0.4, 0.5) is 11.4 Å². The van der Waals surface area contributed by atoms with Crippen LogP contribution < -0.4 is 11.1 Å². The van der Waals surface area contributed by atoms with Crippen molar-refractivity contribution >= 4 is 29.0 Å². The quantitative estimate of drug-likeness (QED) is 0.907. The molecule has 0 atom stereocenters. The van der Waals surface area contributed by atoms with E-state index in [0.717, 1.165) is 16.8 Å². The van der Waals surface area contributed by atoms with E-state index in [1.54, 1.807) is 4.90 Å². The lowest BCUT2D eigenvalue weighted by atomic mass is 10.1. The molecule has 2 aromatic rings. The van der Waals surface area contributed by atoms with Crippen molar-refractivity contribution in [3.8, 4) is 0 Å². The largest absolute Gasteiger partial charge is 0.330 e. The molecule has 2 aromatic carbocycles. The summed E-state index contributed by atoms with van der Waals surface area (Å²) < 4.78 is 0. The van der Waals surface area contributed by atoms with Crippen molar-refractivity contribution in [1.29, 1.82) is 0 Å². The van der Waals surface area contributed by atoms with E-state index in [1.165, 1.54) is 0 Å². The summed E-state index contributed by atoms with van der Waals surface area (Å²) in [5, 5.41) is 2.81. The number of hydrogen-bond acceptors (Lipinski definition) is 4. The van der Waals surface area contributed by atoms with Gasteiger partial charge in [-0.25, -0.2) is 4.99 Å². The zero-order valence-electron chi connectivity index (χ0n) is 13.0. The van der Waals surface area contributed by atoms with E-state index in [9.17, 15) is 9.59 Å². The number of hydrogen-bond donors (Lipinski definition) is 2. The first-order chi connectivity index (χ1) is 11.7. The minimum absolute atomic E-state index is 0.0347. The summed E-state index contributed by atoms with van der Waals surface area (Å²) in [4.78, 5) is 30.6. The van der Waals surface area contributed by atoms with Gasteiger partial charge in [-0.1, -0.05) is 18.2 Å². The van der Waals surface area contributed by atoms with Gasteiger partial charge in [0.15, 0.2) is 0 Å². The van der Waals surface area contributed by atoms with Gasteiger partial charge < -0.3 is 11.1 Å². The number of carbonyl (C=O) groups is 2. The van der Waals surface area contributed by atoms with E-state index in [4.69, 9.17) is 5.73 Å². The molecule has 2 amide bonds. The lowest BCUT2D eigenvalue weighted by Crippen LogP contribution is -2.31. The van der Waals surface area contributed by atoms with E-state index in [0.29, 0.717) is 30.2 Å². The molecule has 6 heteroatoms. The third kappa shape index (κ3) is 2.28. The molecule has 2 heterocycles. The summed E-state index contributed by atoms with van der Waals surface area (Å²) in [5.74, 6) is 0.540. The lowest BCUT2D eigenvalue weighted by Gasteiger charge is -2.23. The maximum atomic E-state index is 12.6. The number of amides is 2. The Bertz CT molecular complexity index is 888. The van der Waals surface area contributed by atoms with Crippen molar-refractivity contribution in [1.82, 2.24) is 4.90 Å². The van der Waals surface area contributed by atoms with Crippen LogP contribution in [0, 0.1) is 0 Å². The van der Waals surface area contributed by atoms with Gasteiger partial charge in [0.25, 0.3) is 5.91 Å². The Morgan fingerprint density at radius 3 is 2.79 bits per heavy atom. The lowest BCUT2D eigenvalue weighted by molar-refractivity contribution is -0.116. The van der Waals surface area contributed by atoms with Crippen molar-refractivity contribution in [2.45, 2.75) is 13.0 Å². The standard InChI is InChI=1S/C18H16N4O2/c19-8-7-16(23)20-12-5-6-15-11(9-12)10-22-17(21-15)13-3-1-2-4-14(13)18(22)24/h1-6,9H,7-8,10,19H2,(H,20,23). The molecule has 24 heavy (non-hydrogen) atoms. The van der Waals surface area contributed by atoms with E-state index < -0.39 is 0 Å². The highest BCUT2D eigenvalue weighted by Gasteiger charge is 2.36. The number of amidine groups is 1. The summed E-state index contributed by atoms with van der Waals surface area (Å²) in [7, 11) is 0. The molecule has 6 nitrogen and oxygen atoms in total. The molecule has 0 unspecified atom stereocenters. The molecule has 0 spiro atoms. The highest BCUT2D eigenvalue weighted by molar-refractivity contribution is 6.24. The van der Waals surface area contributed by atoms with Crippen LogP contribution in [0.1, 0.15) is 27.9 Å². The fourth-order valence-electron chi connectivity index (χ4n) is 3.06. The number of aliphatic imine (C=N–C) groups is 1. The third-order valence-electron chi connectivity index (χ3n) is 4.19. The predicted octanol–water partition coefficient (Wildman–Crippen LogP) is 2.02. The molecule has 0 aliphatic carbocycles. The van der Waals surface area contributed by atoms with Gasteiger partial charge in [-0.15, -0.1) is 0 Å². The van der Waals surface area contributed by atoms with Crippen LogP contribution in [-0.4, -0.2) is 29.1 Å². The highest BCUT2D eigenvalue weighted by Crippen LogP contribution is 2.35. The second-order valence-electron chi connectivity index (χ2n) is 5.80. The molecule has 0 bridgehead atoms. The van der Waals surface area contributed by atoms with Gasteiger partial charge in [0.1, 0.15) is 5.84 Å². The van der Waals surface area contributed by atoms with Gasteiger partial charge >= 0.3 is 0 Å². The van der Waals surface area contributed by atoms with E-state index in [2.05, 4.69) is 10.3 Å². The summed E-state index contributed by atoms with van der Waals surface area (Å²) in [6.45, 7) is 0.757. The van der Waals surface area contributed by atoms with Crippen LogP contribution in [0.25, 0.3) is 0 Å². The smallest absolute Gasteiger partial charge is 0.260 e. The Labute approximate surface area is 139 Å². The maximum Gasteiger partial charge on any atom is 0.260 e. The number of rotatable bonds is 3. The normalized spacial score (nSPS) is 14.6. The molecule has 0 aromatic heterocycles. The Kier molecular flexibility index (Phi) is 3.39. The first kappa shape index (κ1) is 14.6. The van der Waals surface area contributed by atoms with Crippen molar-refractivity contribution in [2.75, 3.05) is 11.9 Å². The molecule has 4 rings (SSSR count). The number of nitrogens with two attached hydrogens (primary N) is 1. The highest BCUT2D eigenvalue weighted by atomic mass is 16.2. The van der Waals surface area contributed by atoms with Crippen molar-refractivity contribution in [3.05, 3.63) is 59.2 Å². The fraction of sp³-hybridized carbons (Fsp3) is 0.167. The van der Waals surface area contributed by atoms with Gasteiger partial charge in [0.2, 0.25) is 5.91 Å². The molecule has 0 saturated carbocycles. The SMILES string of the molecule is NCCC(=O)Nc1ccc2c(c1)CN1C(=O)c3ccccc3C1=N2. The van der Waals surface area contributed by atoms with Gasteiger partial charge in [0, 0.05) is 24.2 Å². The van der Waals surface area contributed by atoms with E-state index in [-0.39, 0.29) is 18.2 Å². The average molecular weight is 320 g/mol. The van der Waals surface area contributed by atoms with Crippen molar-refractivity contribution in [2.24, 2.45) is 10.7 Å². The molecule has 2 aliphatic heterocycles. The molecule has 0 radical (unpaired) electrons. The van der Waals surface area contributed by atoms with Crippen LogP contribution in [0.2, 0.25) is 0 Å². The molecule has 2 aliphatic rings. The number of anilines is 1. The van der Waals surface area contributed by atoms with E-state index >= 15 is 0 Å². The van der Waals surface area contributed by atoms with Crippen LogP contribution in [0.5, 0.6) is 0 Å². The number of nitrogens with one attached hydrogen (secondary N) is 1. The van der Waals surface area contributed by atoms with Gasteiger partial charge in [-0.3, -0.25) is 14.5 Å². The Morgan fingerprint density at radius 2 is 2.00 bits per heavy atom. The second kappa shape index (κ2) is 5.58. The molecule has 0 saturated heterocycles. The predicted molar refractivity (Wildman–Crippen MR) is 91.3 cm³/mol. The average Bonchev–Trinajstić information content (AvgIpc) is 2.86. The third-order valence-corrected chi connectivity index (χ3v) is 4.19. The molecule has 120 valence electrons. The van der Waals surface area contributed by atoms with Crippen LogP contribution in [0.3, 0.4) is 0 Å². The summed E-state index contributed by atoms with van der Waals surface area (Å²) >= 11 is 0. The number of nitrogens with zero attached hydrogens (tertiary/aromatic N) is 2. The monoisotopic (exact) mass is 320 g/mol. The minimum atomic E-state index is -0.123. The fourth-order valence-corrected chi connectivity index (χ4v) is 3.06. The maximum absolute atomic E-state index is 12.6. The number of fused-ring (bicyclic) bond motifs is 4. The Morgan fingerprint density at radius 1 is 1.21 bits per heavy atom. The minimum Gasteiger partial charge on any atom is -0.330 e. The number of benzene rings is 2. The van der Waals surface area contributed by atoms with Crippen LogP contribution in [-0.2, 0) is 11.3 Å². The summed E-state index contributed by atoms with van der Waals surface area (Å²) in [6, 6.07) is 13.0. The van der Waals surface area contributed by atoms with Gasteiger partial charge in [0.05, 0.1) is 17.8 Å². The summed E-state index contributed by atoms with van der Waals surface area (Å²) in [6.07, 6.45) is 0.277. The molecule has 0 fully saturated rings. The van der Waals surface area contributed by atoms with Crippen molar-refractivity contribution < 1.29 is 9.59 Å². The molecular formula is C18H16N4O2. The Hall–Kier alpha value is -2.99. The van der Waals surface area contributed by atoms with Gasteiger partial charge in [-0.05, 0) is 29.8 Å². The first-order valence-electron chi connectivity index (χ1n) is 7.80. The van der Waals surface area contributed by atoms with Crippen molar-refractivity contribution in [3.63, 3.8) is 0 Å². The van der Waals surface area contributed by atoms with Crippen LogP contribution in [0.15, 0.2) is 47.5 Å². The molecule has 3 N–H and O–H groups in total. The topological polar surface area (TPSA) is 87.8 Å². The van der Waals surface area contributed by atoms with Gasteiger partial charge in [-0.2, -0.15) is 0 Å². The summed E-state index contributed by atoms with van der Waals surface area (Å²) in [5.41, 5.74) is 9.36. The first-order valence-corrected chi connectivity index (χ1v) is 7.80. The Balaban J connectivity index is 1.68. The zero-order chi connectivity index (χ0) is 16.7. The second-order valence-corrected chi connectivity index (χ2v) is 5.80.